The van der Waals surface area contributed by atoms with Gasteiger partial charge in [0, 0.05) is 39.8 Å². The highest BCUT2D eigenvalue weighted by Crippen LogP contribution is 2.49. The SMILES string of the molecule is COc1ccc([C@@]23CC[C@@H](NC(=O)Nc4ccc5[nH]c(C)cc5c4)C[C@@H]2N(C)CC3)cc1OC.O=C(O)C(F)(F)F. The van der Waals surface area contributed by atoms with Crippen LogP contribution in [-0.2, 0) is 10.2 Å². The number of aliphatic carboxylic acids is 1. The monoisotopic (exact) mass is 576 g/mol. The summed E-state index contributed by atoms with van der Waals surface area (Å²) in [6.07, 6.45) is -1.08. The molecule has 9 nitrogen and oxygen atoms in total. The number of fused-ring (bicyclic) bond motifs is 2. The van der Waals surface area contributed by atoms with Crippen LogP contribution in [0.1, 0.15) is 36.9 Å². The maximum atomic E-state index is 12.8. The third-order valence-corrected chi connectivity index (χ3v) is 8.08. The molecule has 41 heavy (non-hydrogen) atoms. The van der Waals surface area contributed by atoms with Gasteiger partial charge in [-0.25, -0.2) is 9.59 Å². The van der Waals surface area contributed by atoms with Crippen LogP contribution in [0.25, 0.3) is 10.9 Å². The summed E-state index contributed by atoms with van der Waals surface area (Å²) < 4.78 is 42.8. The second-order valence-electron chi connectivity index (χ2n) is 10.6. The molecule has 1 aliphatic carbocycles. The fourth-order valence-electron chi connectivity index (χ4n) is 6.10. The van der Waals surface area contributed by atoms with Crippen molar-refractivity contribution >= 4 is 28.6 Å². The summed E-state index contributed by atoms with van der Waals surface area (Å²) in [6, 6.07) is 14.7. The predicted molar refractivity (Wildman–Crippen MR) is 149 cm³/mol. The highest BCUT2D eigenvalue weighted by atomic mass is 19.4. The largest absolute Gasteiger partial charge is 0.493 e. The van der Waals surface area contributed by atoms with Crippen LogP contribution >= 0.6 is 0 Å². The number of alkyl halides is 3. The zero-order valence-electron chi connectivity index (χ0n) is 23.4. The highest BCUT2D eigenvalue weighted by molar-refractivity contribution is 5.93. The Labute approximate surface area is 236 Å². The summed E-state index contributed by atoms with van der Waals surface area (Å²) >= 11 is 0. The maximum absolute atomic E-state index is 12.8. The van der Waals surface area contributed by atoms with Crippen molar-refractivity contribution in [2.75, 3.05) is 33.1 Å². The van der Waals surface area contributed by atoms with Gasteiger partial charge in [-0.15, -0.1) is 0 Å². The van der Waals surface area contributed by atoms with Crippen molar-refractivity contribution in [3.63, 3.8) is 0 Å². The molecule has 2 amide bonds. The first-order chi connectivity index (χ1) is 19.4. The number of nitrogens with one attached hydrogen (secondary N) is 3. The second kappa shape index (κ2) is 11.9. The Bertz CT molecular complexity index is 1410. The number of anilines is 1. The van der Waals surface area contributed by atoms with E-state index in [9.17, 15) is 18.0 Å². The molecule has 3 aromatic rings. The zero-order chi connectivity index (χ0) is 29.9. The molecule has 3 atom stereocenters. The van der Waals surface area contributed by atoms with Gasteiger partial charge in [-0.05, 0) is 88.2 Å². The summed E-state index contributed by atoms with van der Waals surface area (Å²) in [5.74, 6) is -1.23. The van der Waals surface area contributed by atoms with Crippen molar-refractivity contribution in [2.24, 2.45) is 0 Å². The number of carboxylic acids is 1. The number of aromatic nitrogens is 1. The fourth-order valence-corrected chi connectivity index (χ4v) is 6.10. The Hall–Kier alpha value is -3.93. The normalized spacial score (nSPS) is 22.3. The van der Waals surface area contributed by atoms with Gasteiger partial charge in [-0.1, -0.05) is 6.07 Å². The van der Waals surface area contributed by atoms with E-state index in [0.717, 1.165) is 66.0 Å². The van der Waals surface area contributed by atoms with E-state index in [0.29, 0.717) is 6.04 Å². The van der Waals surface area contributed by atoms with Crippen LogP contribution in [0.3, 0.4) is 0 Å². The van der Waals surface area contributed by atoms with Crippen LogP contribution in [0.5, 0.6) is 11.5 Å². The molecular weight excluding hydrogens is 541 g/mol. The second-order valence-corrected chi connectivity index (χ2v) is 10.6. The molecule has 0 bridgehead atoms. The number of likely N-dealkylation sites (N-methyl/N-ethyl adjacent to an activating group) is 1. The molecule has 4 N–H and O–H groups in total. The molecule has 1 aromatic heterocycles. The molecule has 0 radical (unpaired) electrons. The third-order valence-electron chi connectivity index (χ3n) is 8.08. The van der Waals surface area contributed by atoms with E-state index in [2.05, 4.69) is 45.8 Å². The van der Waals surface area contributed by atoms with Crippen LogP contribution in [0, 0.1) is 6.92 Å². The Balaban J connectivity index is 0.000000493. The molecule has 1 saturated heterocycles. The first-order valence-corrected chi connectivity index (χ1v) is 13.3. The van der Waals surface area contributed by atoms with Gasteiger partial charge in [-0.3, -0.25) is 0 Å². The number of rotatable bonds is 5. The molecule has 2 fully saturated rings. The number of aryl methyl sites for hydroxylation is 1. The quantitative estimate of drug-likeness (QED) is 0.321. The lowest BCUT2D eigenvalue weighted by atomic mass is 9.65. The topological polar surface area (TPSA) is 116 Å². The number of carbonyl (C=O) groups is 2. The minimum absolute atomic E-state index is 0.0696. The zero-order valence-corrected chi connectivity index (χ0v) is 23.4. The molecule has 2 aliphatic rings. The maximum Gasteiger partial charge on any atom is 0.490 e. The van der Waals surface area contributed by atoms with Crippen LogP contribution in [-0.4, -0.2) is 73.1 Å². The molecule has 1 saturated carbocycles. The number of hydrogen-bond acceptors (Lipinski definition) is 5. The van der Waals surface area contributed by atoms with Gasteiger partial charge in [0.1, 0.15) is 0 Å². The molecule has 5 rings (SSSR count). The van der Waals surface area contributed by atoms with Crippen molar-refractivity contribution in [1.82, 2.24) is 15.2 Å². The molecule has 2 aromatic carbocycles. The van der Waals surface area contributed by atoms with Crippen LogP contribution < -0.4 is 20.1 Å². The van der Waals surface area contributed by atoms with Gasteiger partial charge in [0.25, 0.3) is 0 Å². The molecule has 12 heteroatoms. The number of nitrogens with zero attached hydrogens (tertiary/aromatic N) is 1. The lowest BCUT2D eigenvalue weighted by Crippen LogP contribution is -2.52. The fraction of sp³-hybridized carbons (Fsp3) is 0.448. The Kier molecular flexibility index (Phi) is 8.71. The first kappa shape index (κ1) is 30.0. The van der Waals surface area contributed by atoms with Gasteiger partial charge in [0.05, 0.1) is 14.2 Å². The highest BCUT2D eigenvalue weighted by Gasteiger charge is 2.50. The number of urea groups is 1. The molecule has 0 unspecified atom stereocenters. The summed E-state index contributed by atoms with van der Waals surface area (Å²) in [6.45, 7) is 3.08. The number of amides is 2. The number of ether oxygens (including phenoxy) is 2. The van der Waals surface area contributed by atoms with E-state index in [4.69, 9.17) is 19.4 Å². The van der Waals surface area contributed by atoms with Crippen LogP contribution in [0.2, 0.25) is 0 Å². The Morgan fingerprint density at radius 3 is 2.44 bits per heavy atom. The van der Waals surface area contributed by atoms with E-state index >= 15 is 0 Å². The van der Waals surface area contributed by atoms with Crippen molar-refractivity contribution < 1.29 is 37.3 Å². The summed E-state index contributed by atoms with van der Waals surface area (Å²) in [7, 11) is 5.55. The van der Waals surface area contributed by atoms with E-state index in [1.165, 1.54) is 5.56 Å². The van der Waals surface area contributed by atoms with E-state index in [-0.39, 0.29) is 17.5 Å². The number of benzene rings is 2. The number of carboxylic acid groups (broad SMARTS) is 1. The van der Waals surface area contributed by atoms with Gasteiger partial charge in [0.15, 0.2) is 11.5 Å². The molecule has 222 valence electrons. The summed E-state index contributed by atoms with van der Waals surface area (Å²) in [5.41, 5.74) is 4.36. The standard InChI is InChI=1S/C27H34N4O3.C2HF3O2/c1-17-13-18-14-20(6-7-22(18)28-17)29-26(32)30-21-9-10-27(11-12-31(2)25(27)16-21)19-5-8-23(33-3)24(15-19)34-4;3-2(4,5)1(6)7/h5-8,13-15,21,25,28H,9-12,16H2,1-4H3,(H2,29,30,32);(H,6,7)/t21-,25+,27+;/m1./s1. The average molecular weight is 577 g/mol. The van der Waals surface area contributed by atoms with Gasteiger partial charge >= 0.3 is 18.2 Å². The number of carbonyl (C=O) groups excluding carboxylic acids is 1. The van der Waals surface area contributed by atoms with Crippen LogP contribution in [0.4, 0.5) is 23.7 Å². The Morgan fingerprint density at radius 1 is 1.07 bits per heavy atom. The summed E-state index contributed by atoms with van der Waals surface area (Å²) in [5, 5.41) is 14.5. The van der Waals surface area contributed by atoms with Gasteiger partial charge in [-0.2, -0.15) is 13.2 Å². The minimum Gasteiger partial charge on any atom is -0.493 e. The molecule has 1 aliphatic heterocycles. The Morgan fingerprint density at radius 2 is 1.78 bits per heavy atom. The average Bonchev–Trinajstić information content (AvgIpc) is 3.46. The minimum atomic E-state index is -5.08. The molecule has 2 heterocycles. The number of methoxy groups -OCH3 is 2. The number of hydrogen-bond donors (Lipinski definition) is 4. The van der Waals surface area contributed by atoms with E-state index < -0.39 is 12.1 Å². The van der Waals surface area contributed by atoms with Crippen LogP contribution in [0.15, 0.2) is 42.5 Å². The van der Waals surface area contributed by atoms with Crippen molar-refractivity contribution in [3.8, 4) is 11.5 Å². The van der Waals surface area contributed by atoms with E-state index in [1.54, 1.807) is 14.2 Å². The van der Waals surface area contributed by atoms with E-state index in [1.807, 2.05) is 31.2 Å². The number of H-pyrrole nitrogens is 1. The molecule has 0 spiro atoms. The first-order valence-electron chi connectivity index (χ1n) is 13.3. The summed E-state index contributed by atoms with van der Waals surface area (Å²) in [4.78, 5) is 27.5. The third kappa shape index (κ3) is 6.53. The smallest absolute Gasteiger partial charge is 0.490 e. The predicted octanol–water partition coefficient (Wildman–Crippen LogP) is 5.44. The van der Waals surface area contributed by atoms with Gasteiger partial charge in [0.2, 0.25) is 0 Å². The van der Waals surface area contributed by atoms with Crippen molar-refractivity contribution in [1.29, 1.82) is 0 Å². The number of aromatic amines is 1. The van der Waals surface area contributed by atoms with Gasteiger partial charge < -0.3 is 35.1 Å². The van der Waals surface area contributed by atoms with Crippen molar-refractivity contribution in [3.05, 3.63) is 53.7 Å². The lowest BCUT2D eigenvalue weighted by Gasteiger charge is -2.45. The van der Waals surface area contributed by atoms with Crippen molar-refractivity contribution in [2.45, 2.75) is 56.3 Å². The number of halogens is 3. The lowest BCUT2D eigenvalue weighted by molar-refractivity contribution is -0.192. The molecular formula is C29H35F3N4O5. The number of likely N-dealkylation sites (tertiary alicyclic amines) is 1.